The molecule has 23 heavy (non-hydrogen) atoms. The zero-order chi connectivity index (χ0) is 16.8. The number of carbonyl (C=O) groups excluding carboxylic acids is 2. The normalized spacial score (nSPS) is 17.6. The Labute approximate surface area is 135 Å². The third kappa shape index (κ3) is 4.31. The number of amides is 2. The van der Waals surface area contributed by atoms with Crippen LogP contribution in [-0.2, 0) is 4.79 Å². The van der Waals surface area contributed by atoms with Crippen LogP contribution in [-0.4, -0.2) is 47.4 Å². The molecule has 6 heteroatoms. The summed E-state index contributed by atoms with van der Waals surface area (Å²) < 4.78 is 0. The van der Waals surface area contributed by atoms with E-state index in [1.54, 1.807) is 4.90 Å². The zero-order valence-corrected chi connectivity index (χ0v) is 13.2. The Morgan fingerprint density at radius 3 is 2.48 bits per heavy atom. The number of likely N-dealkylation sites (tertiary alicyclic amines) is 1. The number of carbonyl (C=O) groups is 3. The zero-order valence-electron chi connectivity index (χ0n) is 13.2. The monoisotopic (exact) mass is 318 g/mol. The number of aromatic carboxylic acids is 1. The lowest BCUT2D eigenvalue weighted by Gasteiger charge is -2.32. The smallest absolute Gasteiger partial charge is 0.335 e. The van der Waals surface area contributed by atoms with E-state index in [1.165, 1.54) is 24.3 Å². The van der Waals surface area contributed by atoms with Crippen molar-refractivity contribution < 1.29 is 19.5 Å². The summed E-state index contributed by atoms with van der Waals surface area (Å²) in [5.74, 6) is -1.34. The maximum atomic E-state index is 12.5. The lowest BCUT2D eigenvalue weighted by Crippen LogP contribution is -2.45. The molecule has 2 rings (SSSR count). The first kappa shape index (κ1) is 17.0. The molecule has 1 aromatic rings. The fourth-order valence-electron chi connectivity index (χ4n) is 2.71. The first-order valence-corrected chi connectivity index (χ1v) is 7.93. The molecule has 1 saturated heterocycles. The van der Waals surface area contributed by atoms with Gasteiger partial charge in [-0.05, 0) is 43.5 Å². The summed E-state index contributed by atoms with van der Waals surface area (Å²) in [6.07, 6.45) is 2.47. The summed E-state index contributed by atoms with van der Waals surface area (Å²) in [6.45, 7) is 3.68. The van der Waals surface area contributed by atoms with Crippen molar-refractivity contribution in [3.63, 3.8) is 0 Å². The third-order valence-electron chi connectivity index (χ3n) is 4.01. The molecule has 0 aromatic heterocycles. The van der Waals surface area contributed by atoms with Crippen molar-refractivity contribution in [2.45, 2.75) is 26.2 Å². The van der Waals surface area contributed by atoms with Gasteiger partial charge in [0.1, 0.15) is 0 Å². The molecule has 2 N–H and O–H groups in total. The van der Waals surface area contributed by atoms with E-state index in [1.807, 2.05) is 6.92 Å². The van der Waals surface area contributed by atoms with Gasteiger partial charge in [0.25, 0.3) is 5.91 Å². The van der Waals surface area contributed by atoms with E-state index in [2.05, 4.69) is 5.32 Å². The highest BCUT2D eigenvalue weighted by molar-refractivity contribution is 5.96. The first-order valence-electron chi connectivity index (χ1n) is 7.93. The second kappa shape index (κ2) is 7.76. The molecular weight excluding hydrogens is 296 g/mol. The number of piperidine rings is 1. The molecule has 1 unspecified atom stereocenters. The third-order valence-corrected chi connectivity index (χ3v) is 4.01. The van der Waals surface area contributed by atoms with Crippen molar-refractivity contribution in [3.05, 3.63) is 35.4 Å². The molecule has 0 bridgehead atoms. The molecule has 2 amide bonds. The Morgan fingerprint density at radius 1 is 1.22 bits per heavy atom. The van der Waals surface area contributed by atoms with Crippen molar-refractivity contribution in [1.82, 2.24) is 10.2 Å². The standard InChI is InChI=1S/C17H22N2O4/c1-2-9-18-15(20)14-4-3-10-19(11-14)16(21)12-5-7-13(8-6-12)17(22)23/h5-8,14H,2-4,9-11H2,1H3,(H,18,20)(H,22,23). The summed E-state index contributed by atoms with van der Waals surface area (Å²) in [4.78, 5) is 37.1. The predicted octanol–water partition coefficient (Wildman–Crippen LogP) is 1.76. The fraction of sp³-hybridized carbons (Fsp3) is 0.471. The molecule has 1 aliphatic rings. The molecule has 6 nitrogen and oxygen atoms in total. The van der Waals surface area contributed by atoms with E-state index in [-0.39, 0.29) is 23.3 Å². The molecule has 1 aliphatic heterocycles. The summed E-state index contributed by atoms with van der Waals surface area (Å²) >= 11 is 0. The van der Waals surface area contributed by atoms with Crippen LogP contribution in [0.5, 0.6) is 0 Å². The van der Waals surface area contributed by atoms with E-state index < -0.39 is 5.97 Å². The van der Waals surface area contributed by atoms with Gasteiger partial charge in [0, 0.05) is 25.2 Å². The lowest BCUT2D eigenvalue weighted by molar-refractivity contribution is -0.126. The Hall–Kier alpha value is -2.37. The van der Waals surface area contributed by atoms with Crippen molar-refractivity contribution in [1.29, 1.82) is 0 Å². The van der Waals surface area contributed by atoms with Crippen LogP contribution in [0.15, 0.2) is 24.3 Å². The number of rotatable bonds is 5. The van der Waals surface area contributed by atoms with Crippen LogP contribution in [0.3, 0.4) is 0 Å². The van der Waals surface area contributed by atoms with Gasteiger partial charge < -0.3 is 15.3 Å². The maximum absolute atomic E-state index is 12.5. The molecule has 0 radical (unpaired) electrons. The molecule has 0 saturated carbocycles. The van der Waals surface area contributed by atoms with Gasteiger partial charge in [-0.15, -0.1) is 0 Å². The summed E-state index contributed by atoms with van der Waals surface area (Å²) in [6, 6.07) is 5.88. The summed E-state index contributed by atoms with van der Waals surface area (Å²) in [5.41, 5.74) is 0.599. The van der Waals surface area contributed by atoms with Gasteiger partial charge in [-0.25, -0.2) is 4.79 Å². The number of hydrogen-bond acceptors (Lipinski definition) is 3. The largest absolute Gasteiger partial charge is 0.478 e. The van der Waals surface area contributed by atoms with Gasteiger partial charge in [0.05, 0.1) is 11.5 Å². The van der Waals surface area contributed by atoms with E-state index in [9.17, 15) is 14.4 Å². The summed E-state index contributed by atoms with van der Waals surface area (Å²) in [7, 11) is 0. The number of carboxylic acid groups (broad SMARTS) is 1. The van der Waals surface area contributed by atoms with E-state index >= 15 is 0 Å². The number of carboxylic acids is 1. The van der Waals surface area contributed by atoms with Crippen LogP contribution in [0.25, 0.3) is 0 Å². The molecule has 1 atom stereocenters. The Kier molecular flexibility index (Phi) is 5.73. The predicted molar refractivity (Wildman–Crippen MR) is 85.3 cm³/mol. The van der Waals surface area contributed by atoms with Crippen LogP contribution in [0.4, 0.5) is 0 Å². The van der Waals surface area contributed by atoms with Crippen molar-refractivity contribution >= 4 is 17.8 Å². The fourth-order valence-corrected chi connectivity index (χ4v) is 2.71. The average molecular weight is 318 g/mol. The van der Waals surface area contributed by atoms with Crippen LogP contribution in [0.2, 0.25) is 0 Å². The van der Waals surface area contributed by atoms with E-state index in [0.717, 1.165) is 19.3 Å². The van der Waals surface area contributed by atoms with Crippen molar-refractivity contribution in [3.8, 4) is 0 Å². The second-order valence-electron chi connectivity index (χ2n) is 5.76. The number of nitrogens with one attached hydrogen (secondary N) is 1. The maximum Gasteiger partial charge on any atom is 0.335 e. The molecule has 1 fully saturated rings. The van der Waals surface area contributed by atoms with Crippen LogP contribution < -0.4 is 5.32 Å². The van der Waals surface area contributed by atoms with Gasteiger partial charge in [-0.3, -0.25) is 9.59 Å². The number of hydrogen-bond donors (Lipinski definition) is 2. The molecule has 124 valence electrons. The average Bonchev–Trinajstić information content (AvgIpc) is 2.59. The highest BCUT2D eigenvalue weighted by Gasteiger charge is 2.28. The molecule has 1 aromatic carbocycles. The molecule has 0 aliphatic carbocycles. The minimum absolute atomic E-state index is 0.00516. The Balaban J connectivity index is 2.01. The van der Waals surface area contributed by atoms with Gasteiger partial charge in [-0.1, -0.05) is 6.92 Å². The van der Waals surface area contributed by atoms with Crippen molar-refractivity contribution in [2.24, 2.45) is 5.92 Å². The number of benzene rings is 1. The van der Waals surface area contributed by atoms with E-state index in [0.29, 0.717) is 25.2 Å². The highest BCUT2D eigenvalue weighted by Crippen LogP contribution is 2.19. The van der Waals surface area contributed by atoms with Gasteiger partial charge >= 0.3 is 5.97 Å². The van der Waals surface area contributed by atoms with Gasteiger partial charge in [0.2, 0.25) is 5.91 Å². The topological polar surface area (TPSA) is 86.7 Å². The van der Waals surface area contributed by atoms with Gasteiger partial charge in [0.15, 0.2) is 0 Å². The van der Waals surface area contributed by atoms with Crippen LogP contribution in [0, 0.1) is 5.92 Å². The second-order valence-corrected chi connectivity index (χ2v) is 5.76. The summed E-state index contributed by atoms with van der Waals surface area (Å²) in [5, 5.41) is 11.8. The SMILES string of the molecule is CCCNC(=O)C1CCCN(C(=O)c2ccc(C(=O)O)cc2)C1. The van der Waals surface area contributed by atoms with Crippen LogP contribution >= 0.6 is 0 Å². The molecule has 1 heterocycles. The number of nitrogens with zero attached hydrogens (tertiary/aromatic N) is 1. The van der Waals surface area contributed by atoms with Crippen molar-refractivity contribution in [2.75, 3.05) is 19.6 Å². The molecule has 0 spiro atoms. The first-order chi connectivity index (χ1) is 11.0. The Morgan fingerprint density at radius 2 is 1.87 bits per heavy atom. The minimum Gasteiger partial charge on any atom is -0.478 e. The van der Waals surface area contributed by atoms with E-state index in [4.69, 9.17) is 5.11 Å². The molecular formula is C17H22N2O4. The van der Waals surface area contributed by atoms with Gasteiger partial charge in [-0.2, -0.15) is 0 Å². The quantitative estimate of drug-likeness (QED) is 0.866. The highest BCUT2D eigenvalue weighted by atomic mass is 16.4. The Bertz CT molecular complexity index is 583. The lowest BCUT2D eigenvalue weighted by atomic mass is 9.96. The van der Waals surface area contributed by atoms with Crippen LogP contribution in [0.1, 0.15) is 46.9 Å². The minimum atomic E-state index is -1.02.